The van der Waals surface area contributed by atoms with Crippen molar-refractivity contribution in [3.63, 3.8) is 0 Å². The Morgan fingerprint density at radius 2 is 0.800 bits per heavy atom. The molecule has 0 saturated carbocycles. The molecule has 0 N–H and O–H groups in total. The summed E-state index contributed by atoms with van der Waals surface area (Å²) in [5.41, 5.74) is 1.16. The van der Waals surface area contributed by atoms with Crippen LogP contribution in [0.1, 0.15) is 245 Å². The molecular formula is C54H90N2O9. The maximum atomic E-state index is 11.9. The normalized spacial score (nSPS) is 13.0. The molecule has 11 heteroatoms. The summed E-state index contributed by atoms with van der Waals surface area (Å²) in [4.78, 5) is 46.5. The van der Waals surface area contributed by atoms with Gasteiger partial charge in [-0.25, -0.2) is 0 Å². The number of benzene rings is 2. The lowest BCUT2D eigenvalue weighted by Gasteiger charge is -2.26. The molecular weight excluding hydrogens is 821 g/mol. The van der Waals surface area contributed by atoms with Crippen molar-refractivity contribution < 1.29 is 33.6 Å². The number of unbranched alkanes of at least 4 members (excludes halogenated alkanes) is 15. The molecule has 0 fully saturated rings. The zero-order valence-electron chi connectivity index (χ0n) is 41.7. The van der Waals surface area contributed by atoms with Crippen LogP contribution in [0.15, 0.2) is 48.5 Å². The number of rotatable bonds is 39. The molecule has 0 aliphatic rings. The summed E-state index contributed by atoms with van der Waals surface area (Å²) in [5, 5.41) is 23.5. The fraction of sp³-hybridized carbons (Fsp3) is 0.741. The number of nitro benzene ring substituents is 2. The Balaban J connectivity index is 0.000000659. The van der Waals surface area contributed by atoms with E-state index in [1.54, 1.807) is 36.4 Å². The van der Waals surface area contributed by atoms with Crippen LogP contribution in [0.5, 0.6) is 0 Å². The average Bonchev–Trinajstić information content (AvgIpc) is 3.31. The van der Waals surface area contributed by atoms with Crippen LogP contribution in [0.4, 0.5) is 11.4 Å². The Labute approximate surface area is 394 Å². The lowest BCUT2D eigenvalue weighted by atomic mass is 9.97. The van der Waals surface area contributed by atoms with E-state index in [0.717, 1.165) is 128 Å². The van der Waals surface area contributed by atoms with Gasteiger partial charge in [0.1, 0.15) is 0 Å². The molecule has 65 heavy (non-hydrogen) atoms. The molecule has 2 aromatic rings. The van der Waals surface area contributed by atoms with E-state index in [-0.39, 0.29) is 33.2 Å². The molecule has 0 radical (unpaired) electrons. The molecule has 4 atom stereocenters. The highest BCUT2D eigenvalue weighted by Gasteiger charge is 2.29. The second kappa shape index (κ2) is 39.3. The average molecular weight is 911 g/mol. The summed E-state index contributed by atoms with van der Waals surface area (Å²) in [6.45, 7) is 14.2. The molecule has 0 aliphatic heterocycles. The van der Waals surface area contributed by atoms with Gasteiger partial charge in [0.2, 0.25) is 0 Å². The lowest BCUT2D eigenvalue weighted by molar-refractivity contribution is -0.387. The number of ether oxygens (including phenoxy) is 3. The predicted octanol–water partition coefficient (Wildman–Crippen LogP) is 16.6. The molecule has 0 spiro atoms. The first-order chi connectivity index (χ1) is 31.6. The summed E-state index contributed by atoms with van der Waals surface area (Å²) in [6.07, 6.45) is 27.5. The first-order valence-corrected chi connectivity index (χ1v) is 26.0. The number of para-hydroxylation sites is 2. The number of carbonyl (C=O) groups is 2. The Morgan fingerprint density at radius 1 is 0.462 bits per heavy atom. The standard InChI is InChI=1S/C28H40N2O5.C26H50O4/c1-3-5-7-9-11-21-27(23-17-13-15-19-25(23)29(31)32)35-28(22-12-10-8-6-4-2)24-18-14-16-20-26(24)30(33)34;1-5-9-17-23(7-3)21-29-25(27)19-15-13-11-12-14-16-20-26(28)30-22-24(8-4)18-10-6-2/h13-20,27-28H,3-12,21-22H2,1-2H3;23-24H,5-22H2,1-4H3. The van der Waals surface area contributed by atoms with Gasteiger partial charge in [-0.1, -0.05) is 194 Å². The minimum absolute atomic E-state index is 0.0373. The Kier molecular flexibility index (Phi) is 35.8. The van der Waals surface area contributed by atoms with Crippen LogP contribution in [0.3, 0.4) is 0 Å². The van der Waals surface area contributed by atoms with E-state index in [9.17, 15) is 29.8 Å². The Hall–Kier alpha value is -3.86. The Morgan fingerprint density at radius 3 is 1.15 bits per heavy atom. The molecule has 2 rings (SSSR count). The number of carbonyl (C=O) groups excluding carboxylic acids is 2. The monoisotopic (exact) mass is 911 g/mol. The summed E-state index contributed by atoms with van der Waals surface area (Å²) in [7, 11) is 0. The summed E-state index contributed by atoms with van der Waals surface area (Å²) < 4.78 is 17.5. The highest BCUT2D eigenvalue weighted by molar-refractivity contribution is 5.69. The number of hydrogen-bond acceptors (Lipinski definition) is 9. The number of hydrogen-bond donors (Lipinski definition) is 0. The SMILES string of the molecule is CCCCC(CC)COC(=O)CCCCCCCCC(=O)OCC(CC)CCCC.CCCCCCCC(OC(CCCCCCC)c1ccccc1[N+](=O)[O-])c1ccccc1[N+](=O)[O-]. The highest BCUT2D eigenvalue weighted by Crippen LogP contribution is 2.40. The third kappa shape index (κ3) is 28.0. The van der Waals surface area contributed by atoms with Crippen molar-refractivity contribution in [1.82, 2.24) is 0 Å². The van der Waals surface area contributed by atoms with Crippen molar-refractivity contribution in [1.29, 1.82) is 0 Å². The van der Waals surface area contributed by atoms with Gasteiger partial charge >= 0.3 is 11.9 Å². The van der Waals surface area contributed by atoms with Gasteiger partial charge in [0.25, 0.3) is 11.4 Å². The topological polar surface area (TPSA) is 148 Å². The fourth-order valence-electron chi connectivity index (χ4n) is 8.12. The van der Waals surface area contributed by atoms with E-state index in [1.165, 1.54) is 37.8 Å². The van der Waals surface area contributed by atoms with Crippen LogP contribution in [-0.4, -0.2) is 35.0 Å². The van der Waals surface area contributed by atoms with Gasteiger partial charge in [-0.3, -0.25) is 29.8 Å². The fourth-order valence-corrected chi connectivity index (χ4v) is 8.12. The molecule has 0 bridgehead atoms. The van der Waals surface area contributed by atoms with Gasteiger partial charge in [0.15, 0.2) is 0 Å². The second-order valence-electron chi connectivity index (χ2n) is 18.0. The van der Waals surface area contributed by atoms with Crippen LogP contribution >= 0.6 is 0 Å². The van der Waals surface area contributed by atoms with Crippen molar-refractivity contribution in [2.45, 2.75) is 234 Å². The first-order valence-electron chi connectivity index (χ1n) is 26.0. The van der Waals surface area contributed by atoms with Crippen molar-refractivity contribution in [2.75, 3.05) is 13.2 Å². The number of nitrogens with zero attached hydrogens (tertiary/aromatic N) is 2. The van der Waals surface area contributed by atoms with Gasteiger partial charge in [0, 0.05) is 25.0 Å². The van der Waals surface area contributed by atoms with Crippen LogP contribution in [0, 0.1) is 32.1 Å². The molecule has 0 aromatic heterocycles. The van der Waals surface area contributed by atoms with E-state index in [2.05, 4.69) is 41.5 Å². The van der Waals surface area contributed by atoms with Crippen molar-refractivity contribution in [3.05, 3.63) is 79.9 Å². The van der Waals surface area contributed by atoms with E-state index < -0.39 is 12.2 Å². The maximum Gasteiger partial charge on any atom is 0.305 e. The minimum atomic E-state index is -0.501. The Bertz CT molecular complexity index is 1420. The molecule has 11 nitrogen and oxygen atoms in total. The van der Waals surface area contributed by atoms with Gasteiger partial charge < -0.3 is 14.2 Å². The molecule has 2 aromatic carbocycles. The quantitative estimate of drug-likeness (QED) is 0.0276. The third-order valence-corrected chi connectivity index (χ3v) is 12.5. The van der Waals surface area contributed by atoms with Crippen LogP contribution in [0.25, 0.3) is 0 Å². The summed E-state index contributed by atoms with van der Waals surface area (Å²) in [5.74, 6) is 0.948. The minimum Gasteiger partial charge on any atom is -0.465 e. The largest absolute Gasteiger partial charge is 0.465 e. The zero-order valence-corrected chi connectivity index (χ0v) is 41.7. The highest BCUT2D eigenvalue weighted by atomic mass is 16.6. The molecule has 0 saturated heterocycles. The second-order valence-corrected chi connectivity index (χ2v) is 18.0. The van der Waals surface area contributed by atoms with Crippen LogP contribution in [0.2, 0.25) is 0 Å². The lowest BCUT2D eigenvalue weighted by Crippen LogP contribution is -2.14. The van der Waals surface area contributed by atoms with Gasteiger partial charge in [-0.15, -0.1) is 0 Å². The van der Waals surface area contributed by atoms with E-state index >= 15 is 0 Å². The molecule has 0 amide bonds. The molecule has 4 unspecified atom stereocenters. The van der Waals surface area contributed by atoms with Crippen molar-refractivity contribution >= 4 is 23.3 Å². The molecule has 370 valence electrons. The van der Waals surface area contributed by atoms with E-state index in [4.69, 9.17) is 14.2 Å². The van der Waals surface area contributed by atoms with Crippen LogP contribution < -0.4 is 0 Å². The van der Waals surface area contributed by atoms with E-state index in [0.29, 0.717) is 61.9 Å². The summed E-state index contributed by atoms with van der Waals surface area (Å²) >= 11 is 0. The zero-order chi connectivity index (χ0) is 47.9. The smallest absolute Gasteiger partial charge is 0.305 e. The maximum absolute atomic E-state index is 11.9. The summed E-state index contributed by atoms with van der Waals surface area (Å²) in [6, 6.07) is 13.4. The van der Waals surface area contributed by atoms with Crippen molar-refractivity contribution in [3.8, 4) is 0 Å². The van der Waals surface area contributed by atoms with Gasteiger partial charge in [0.05, 0.1) is 46.4 Å². The van der Waals surface area contributed by atoms with Crippen LogP contribution in [-0.2, 0) is 23.8 Å². The van der Waals surface area contributed by atoms with E-state index in [1.807, 2.05) is 0 Å². The molecule has 0 heterocycles. The first kappa shape index (κ1) is 59.2. The number of nitro groups is 2. The molecule has 0 aliphatic carbocycles. The van der Waals surface area contributed by atoms with Gasteiger partial charge in [-0.05, 0) is 62.5 Å². The van der Waals surface area contributed by atoms with Gasteiger partial charge in [-0.2, -0.15) is 0 Å². The van der Waals surface area contributed by atoms with Crippen molar-refractivity contribution in [2.24, 2.45) is 11.8 Å². The number of esters is 2. The predicted molar refractivity (Wildman–Crippen MR) is 265 cm³/mol. The third-order valence-electron chi connectivity index (χ3n) is 12.5.